The molecular formula is C21H19ClFN5O. The van der Waals surface area contributed by atoms with Crippen molar-refractivity contribution in [3.8, 4) is 22.4 Å². The SMILES string of the molecule is Cc1cn(CO)c2nccc(-c3c(-c4cccc(Cl)c4F)nn4c3CNCC4)c12. The van der Waals surface area contributed by atoms with Crippen LogP contribution in [-0.2, 0) is 19.8 Å². The highest BCUT2D eigenvalue weighted by atomic mass is 35.5. The molecule has 0 amide bonds. The van der Waals surface area contributed by atoms with Crippen LogP contribution in [0.4, 0.5) is 4.39 Å². The Morgan fingerprint density at radius 3 is 2.97 bits per heavy atom. The number of aliphatic hydroxyl groups excluding tert-OH is 1. The summed E-state index contributed by atoms with van der Waals surface area (Å²) in [7, 11) is 0. The first kappa shape index (κ1) is 18.3. The van der Waals surface area contributed by atoms with E-state index in [0.717, 1.165) is 34.3 Å². The van der Waals surface area contributed by atoms with Crippen LogP contribution in [0.25, 0.3) is 33.4 Å². The molecule has 4 aromatic rings. The largest absolute Gasteiger partial charge is 0.376 e. The fraction of sp³-hybridized carbons (Fsp3) is 0.238. The third-order valence-electron chi connectivity index (χ3n) is 5.43. The molecule has 3 aromatic heterocycles. The minimum absolute atomic E-state index is 0.0695. The molecule has 0 unspecified atom stereocenters. The average molecular weight is 412 g/mol. The standard InChI is InChI=1S/C21H19ClFN5O/c1-12-10-27(11-29)21-17(12)13(5-6-25-21)18-16-9-24-7-8-28(16)26-20(18)14-3-2-4-15(22)19(14)23/h2-6,10,24,29H,7-9,11H2,1H3. The minimum Gasteiger partial charge on any atom is -0.376 e. The van der Waals surface area contributed by atoms with E-state index in [1.807, 2.05) is 23.9 Å². The smallest absolute Gasteiger partial charge is 0.151 e. The molecule has 1 aliphatic rings. The van der Waals surface area contributed by atoms with Crippen LogP contribution < -0.4 is 5.32 Å². The van der Waals surface area contributed by atoms with Crippen molar-refractivity contribution in [2.24, 2.45) is 0 Å². The number of hydrogen-bond acceptors (Lipinski definition) is 4. The van der Waals surface area contributed by atoms with Gasteiger partial charge in [-0.2, -0.15) is 5.10 Å². The van der Waals surface area contributed by atoms with Crippen LogP contribution in [0.5, 0.6) is 0 Å². The Morgan fingerprint density at radius 1 is 1.28 bits per heavy atom. The van der Waals surface area contributed by atoms with E-state index < -0.39 is 5.82 Å². The topological polar surface area (TPSA) is 67.9 Å². The van der Waals surface area contributed by atoms with Crippen molar-refractivity contribution in [3.05, 3.63) is 58.8 Å². The van der Waals surface area contributed by atoms with Gasteiger partial charge in [-0.05, 0) is 36.2 Å². The maximum Gasteiger partial charge on any atom is 0.151 e. The van der Waals surface area contributed by atoms with E-state index in [9.17, 15) is 9.50 Å². The highest BCUT2D eigenvalue weighted by Crippen LogP contribution is 2.41. The van der Waals surface area contributed by atoms with Crippen molar-refractivity contribution in [2.75, 3.05) is 6.54 Å². The first-order valence-electron chi connectivity index (χ1n) is 9.40. The van der Waals surface area contributed by atoms with Crippen LogP contribution >= 0.6 is 11.6 Å². The maximum absolute atomic E-state index is 15.0. The molecule has 0 radical (unpaired) electrons. The maximum atomic E-state index is 15.0. The molecule has 8 heteroatoms. The van der Waals surface area contributed by atoms with Crippen molar-refractivity contribution in [3.63, 3.8) is 0 Å². The van der Waals surface area contributed by atoms with Gasteiger partial charge in [-0.15, -0.1) is 0 Å². The lowest BCUT2D eigenvalue weighted by molar-refractivity contribution is 0.214. The summed E-state index contributed by atoms with van der Waals surface area (Å²) < 4.78 is 18.6. The third-order valence-corrected chi connectivity index (χ3v) is 5.72. The van der Waals surface area contributed by atoms with Gasteiger partial charge < -0.3 is 15.0 Å². The van der Waals surface area contributed by atoms with Gasteiger partial charge >= 0.3 is 0 Å². The Balaban J connectivity index is 1.87. The van der Waals surface area contributed by atoms with Crippen LogP contribution in [0.2, 0.25) is 5.02 Å². The van der Waals surface area contributed by atoms with Gasteiger partial charge in [0.2, 0.25) is 0 Å². The number of hydrogen-bond donors (Lipinski definition) is 2. The van der Waals surface area contributed by atoms with Crippen LogP contribution in [0.15, 0.2) is 36.7 Å². The van der Waals surface area contributed by atoms with Gasteiger partial charge in [0.05, 0.1) is 17.3 Å². The summed E-state index contributed by atoms with van der Waals surface area (Å²) in [5.74, 6) is -0.478. The zero-order chi connectivity index (χ0) is 20.1. The Morgan fingerprint density at radius 2 is 2.14 bits per heavy atom. The Bertz CT molecular complexity index is 1250. The number of aliphatic hydroxyl groups is 1. The molecule has 0 atom stereocenters. The first-order valence-corrected chi connectivity index (χ1v) is 9.78. The second-order valence-electron chi connectivity index (χ2n) is 7.15. The number of benzene rings is 1. The summed E-state index contributed by atoms with van der Waals surface area (Å²) in [6.45, 7) is 3.96. The van der Waals surface area contributed by atoms with E-state index in [-0.39, 0.29) is 11.8 Å². The highest BCUT2D eigenvalue weighted by Gasteiger charge is 2.27. The predicted molar refractivity (Wildman–Crippen MR) is 110 cm³/mol. The molecule has 0 spiro atoms. The normalized spacial score (nSPS) is 13.8. The Hall–Kier alpha value is -2.74. The molecule has 6 nitrogen and oxygen atoms in total. The molecule has 5 rings (SSSR count). The van der Waals surface area contributed by atoms with E-state index >= 15 is 0 Å². The number of aromatic nitrogens is 4. The second kappa shape index (κ2) is 6.95. The fourth-order valence-electron chi connectivity index (χ4n) is 4.14. The third kappa shape index (κ3) is 2.77. The summed E-state index contributed by atoms with van der Waals surface area (Å²) in [6, 6.07) is 6.90. The number of fused-ring (bicyclic) bond motifs is 2. The van der Waals surface area contributed by atoms with Crippen LogP contribution in [0.1, 0.15) is 11.3 Å². The van der Waals surface area contributed by atoms with Gasteiger partial charge in [-0.1, -0.05) is 17.7 Å². The zero-order valence-electron chi connectivity index (χ0n) is 15.8. The monoisotopic (exact) mass is 411 g/mol. The number of nitrogens with zero attached hydrogens (tertiary/aromatic N) is 4. The molecule has 4 heterocycles. The van der Waals surface area contributed by atoms with Gasteiger partial charge in [-0.3, -0.25) is 4.68 Å². The van der Waals surface area contributed by atoms with E-state index in [0.29, 0.717) is 30.0 Å². The lowest BCUT2D eigenvalue weighted by atomic mass is 9.95. The summed E-state index contributed by atoms with van der Waals surface area (Å²) in [5, 5.41) is 18.8. The average Bonchev–Trinajstić information content (AvgIpc) is 3.28. The van der Waals surface area contributed by atoms with Crippen molar-refractivity contribution in [1.29, 1.82) is 0 Å². The number of pyridine rings is 1. The van der Waals surface area contributed by atoms with E-state index in [2.05, 4.69) is 10.3 Å². The van der Waals surface area contributed by atoms with E-state index in [1.165, 1.54) is 6.07 Å². The molecule has 1 aromatic carbocycles. The number of nitrogens with one attached hydrogen (secondary N) is 1. The van der Waals surface area contributed by atoms with Crippen molar-refractivity contribution in [1.82, 2.24) is 24.6 Å². The van der Waals surface area contributed by atoms with Gasteiger partial charge in [-0.25, -0.2) is 9.37 Å². The molecule has 148 valence electrons. The van der Waals surface area contributed by atoms with Crippen LogP contribution in [-0.4, -0.2) is 31.0 Å². The number of aryl methyl sites for hydroxylation is 1. The number of halogens is 2. The second-order valence-corrected chi connectivity index (χ2v) is 7.56. The number of rotatable bonds is 3. The first-order chi connectivity index (χ1) is 14.1. The van der Waals surface area contributed by atoms with E-state index in [1.54, 1.807) is 22.9 Å². The minimum atomic E-state index is -0.478. The molecule has 0 fully saturated rings. The van der Waals surface area contributed by atoms with E-state index in [4.69, 9.17) is 16.7 Å². The van der Waals surface area contributed by atoms with Crippen LogP contribution in [0.3, 0.4) is 0 Å². The molecular weight excluding hydrogens is 393 g/mol. The molecule has 0 aliphatic carbocycles. The predicted octanol–water partition coefficient (Wildman–Crippen LogP) is 3.72. The molecule has 2 N–H and O–H groups in total. The van der Waals surface area contributed by atoms with Crippen LogP contribution in [0, 0.1) is 12.7 Å². The Labute approximate surface area is 171 Å². The Kier molecular flexibility index (Phi) is 4.38. The lowest BCUT2D eigenvalue weighted by Crippen LogP contribution is -2.28. The summed E-state index contributed by atoms with van der Waals surface area (Å²) in [6.07, 6.45) is 3.58. The lowest BCUT2D eigenvalue weighted by Gasteiger charge is -2.16. The van der Waals surface area contributed by atoms with Crippen molar-refractivity contribution >= 4 is 22.6 Å². The molecule has 0 bridgehead atoms. The zero-order valence-corrected chi connectivity index (χ0v) is 16.5. The van der Waals surface area contributed by atoms with Gasteiger partial charge in [0.25, 0.3) is 0 Å². The van der Waals surface area contributed by atoms with Gasteiger partial charge in [0.1, 0.15) is 18.1 Å². The molecule has 1 aliphatic heterocycles. The van der Waals surface area contributed by atoms with Crippen molar-refractivity contribution in [2.45, 2.75) is 26.7 Å². The summed E-state index contributed by atoms with van der Waals surface area (Å²) in [5.41, 5.74) is 5.38. The quantitative estimate of drug-likeness (QED) is 0.539. The highest BCUT2D eigenvalue weighted by molar-refractivity contribution is 6.31. The molecule has 0 saturated carbocycles. The van der Waals surface area contributed by atoms with Gasteiger partial charge in [0, 0.05) is 42.0 Å². The summed E-state index contributed by atoms with van der Waals surface area (Å²) >= 11 is 6.07. The molecule has 29 heavy (non-hydrogen) atoms. The molecule has 0 saturated heterocycles. The van der Waals surface area contributed by atoms with Crippen molar-refractivity contribution < 1.29 is 9.50 Å². The summed E-state index contributed by atoms with van der Waals surface area (Å²) in [4.78, 5) is 4.45. The van der Waals surface area contributed by atoms with Gasteiger partial charge in [0.15, 0.2) is 5.82 Å². The fourth-order valence-corrected chi connectivity index (χ4v) is 4.32.